The van der Waals surface area contributed by atoms with E-state index in [1.807, 2.05) is 65.0 Å². The van der Waals surface area contributed by atoms with E-state index in [-0.39, 0.29) is 47.2 Å². The van der Waals surface area contributed by atoms with Crippen LogP contribution in [0.15, 0.2) is 42.0 Å². The third kappa shape index (κ3) is 9.32. The summed E-state index contributed by atoms with van der Waals surface area (Å²) in [5.74, 6) is -1.61. The zero-order chi connectivity index (χ0) is 26.5. The van der Waals surface area contributed by atoms with Gasteiger partial charge < -0.3 is 15.3 Å². The molecule has 34 heavy (non-hydrogen) atoms. The summed E-state index contributed by atoms with van der Waals surface area (Å²) in [7, 11) is 1.65. The highest BCUT2D eigenvalue weighted by molar-refractivity contribution is 5.88. The summed E-state index contributed by atoms with van der Waals surface area (Å²) in [6.07, 6.45) is 4.30. The summed E-state index contributed by atoms with van der Waals surface area (Å²) in [4.78, 5) is 38.6. The van der Waals surface area contributed by atoms with Crippen molar-refractivity contribution in [2.45, 2.75) is 86.1 Å². The molecular formula is C28H46N2O4. The lowest BCUT2D eigenvalue weighted by Gasteiger charge is -2.34. The van der Waals surface area contributed by atoms with Crippen LogP contribution in [0, 0.1) is 11.8 Å². The van der Waals surface area contributed by atoms with E-state index in [0.29, 0.717) is 6.42 Å². The number of carboxylic acid groups (broad SMARTS) is 1. The normalized spacial score (nSPS) is 14.2. The van der Waals surface area contributed by atoms with E-state index in [1.165, 1.54) is 18.2 Å². The van der Waals surface area contributed by atoms with Gasteiger partial charge in [-0.3, -0.25) is 9.59 Å². The monoisotopic (exact) mass is 474 g/mol. The molecule has 3 atom stereocenters. The Hall–Kier alpha value is -2.63. The molecule has 0 saturated carbocycles. The fourth-order valence-electron chi connectivity index (χ4n) is 3.90. The number of hydrogen-bond acceptors (Lipinski definition) is 3. The molecule has 2 N–H and O–H groups in total. The molecule has 0 spiro atoms. The first kappa shape index (κ1) is 31.4. The Morgan fingerprint density at radius 2 is 1.59 bits per heavy atom. The Morgan fingerprint density at radius 1 is 1.06 bits per heavy atom. The summed E-state index contributed by atoms with van der Waals surface area (Å²) in [5, 5.41) is 12.0. The van der Waals surface area contributed by atoms with Gasteiger partial charge in [0, 0.05) is 24.0 Å². The van der Waals surface area contributed by atoms with Crippen LogP contribution in [0.3, 0.4) is 0 Å². The second-order valence-electron chi connectivity index (χ2n) is 9.51. The average Bonchev–Trinajstić information content (AvgIpc) is 2.81. The molecule has 0 aliphatic rings. The highest BCUT2D eigenvalue weighted by Gasteiger charge is 2.35. The number of benzene rings is 1. The first-order valence-electron chi connectivity index (χ1n) is 12.4. The van der Waals surface area contributed by atoms with E-state index in [4.69, 9.17) is 0 Å². The maximum Gasteiger partial charge on any atom is 0.331 e. The van der Waals surface area contributed by atoms with Gasteiger partial charge in [-0.15, -0.1) is 0 Å². The maximum absolute atomic E-state index is 13.0. The molecule has 0 heterocycles. The summed E-state index contributed by atoms with van der Waals surface area (Å²) in [5.41, 5.74) is 0.895. The number of carbonyl (C=O) groups excluding carboxylic acids is 2. The molecule has 0 aliphatic heterocycles. The summed E-state index contributed by atoms with van der Waals surface area (Å²) in [6.45, 7) is 15.7. The molecule has 0 aromatic heterocycles. The van der Waals surface area contributed by atoms with Gasteiger partial charge in [0.2, 0.25) is 11.8 Å². The molecule has 1 unspecified atom stereocenters. The standard InChI is InChI=1S/C25H38N2O4.C3H8/c1-8-17(3)21(15-18(4)24(30)31)27(7)22(28)16-26-23(29)20(9-2)25(5,6)19-13-11-10-12-14-19;1-3-2/h10-15,17,20-21H,8-9,16H2,1-7H3,(H,26,29)(H,30,31);3H2,1-2H3/b18-15+;/t17?,20-,21-;/m1./s1. The summed E-state index contributed by atoms with van der Waals surface area (Å²) >= 11 is 0. The zero-order valence-electron chi connectivity index (χ0n) is 22.6. The lowest BCUT2D eigenvalue weighted by atomic mass is 9.71. The van der Waals surface area contributed by atoms with Crippen LogP contribution in [-0.2, 0) is 19.8 Å². The largest absolute Gasteiger partial charge is 0.478 e. The fourth-order valence-corrected chi connectivity index (χ4v) is 3.90. The Bertz CT molecular complexity index is 802. The molecule has 1 aromatic rings. The number of rotatable bonds is 11. The molecule has 192 valence electrons. The van der Waals surface area contributed by atoms with Gasteiger partial charge in [0.05, 0.1) is 12.6 Å². The minimum atomic E-state index is -1.00. The van der Waals surface area contributed by atoms with Crippen molar-refractivity contribution < 1.29 is 19.5 Å². The van der Waals surface area contributed by atoms with E-state index < -0.39 is 5.97 Å². The third-order valence-electron chi connectivity index (χ3n) is 6.35. The van der Waals surface area contributed by atoms with Crippen LogP contribution in [0.4, 0.5) is 0 Å². The van der Waals surface area contributed by atoms with E-state index in [2.05, 4.69) is 19.2 Å². The Labute approximate surface area is 206 Å². The van der Waals surface area contributed by atoms with Crippen LogP contribution in [0.25, 0.3) is 0 Å². The van der Waals surface area contributed by atoms with Gasteiger partial charge in [0.1, 0.15) is 0 Å². The average molecular weight is 475 g/mol. The van der Waals surface area contributed by atoms with E-state index >= 15 is 0 Å². The lowest BCUT2D eigenvalue weighted by Crippen LogP contribution is -2.48. The number of nitrogens with one attached hydrogen (secondary N) is 1. The van der Waals surface area contributed by atoms with Gasteiger partial charge in [0.25, 0.3) is 0 Å². The summed E-state index contributed by atoms with van der Waals surface area (Å²) in [6, 6.07) is 9.55. The third-order valence-corrected chi connectivity index (χ3v) is 6.35. The van der Waals surface area contributed by atoms with Gasteiger partial charge >= 0.3 is 5.97 Å². The Morgan fingerprint density at radius 3 is 2.03 bits per heavy atom. The quantitative estimate of drug-likeness (QED) is 0.419. The molecule has 0 bridgehead atoms. The first-order chi connectivity index (χ1) is 15.9. The van der Waals surface area contributed by atoms with Crippen LogP contribution >= 0.6 is 0 Å². The minimum absolute atomic E-state index is 0.0827. The molecule has 6 nitrogen and oxygen atoms in total. The number of aliphatic carboxylic acids is 1. The van der Waals surface area contributed by atoms with Crippen LogP contribution in [0.1, 0.15) is 80.2 Å². The van der Waals surface area contributed by atoms with Crippen LogP contribution in [-0.4, -0.2) is 47.4 Å². The topological polar surface area (TPSA) is 86.7 Å². The molecule has 6 heteroatoms. The van der Waals surface area contributed by atoms with Crippen molar-refractivity contribution in [3.63, 3.8) is 0 Å². The van der Waals surface area contributed by atoms with Crippen molar-refractivity contribution >= 4 is 17.8 Å². The van der Waals surface area contributed by atoms with Crippen molar-refractivity contribution in [1.29, 1.82) is 0 Å². The molecule has 0 aliphatic carbocycles. The van der Waals surface area contributed by atoms with E-state index in [9.17, 15) is 19.5 Å². The van der Waals surface area contributed by atoms with Crippen LogP contribution in [0.2, 0.25) is 0 Å². The molecule has 0 saturated heterocycles. The van der Waals surface area contributed by atoms with Crippen molar-refractivity contribution in [3.05, 3.63) is 47.5 Å². The van der Waals surface area contributed by atoms with E-state index in [1.54, 1.807) is 13.1 Å². The Balaban J connectivity index is 0.00000343. The molecule has 1 rings (SSSR count). The van der Waals surface area contributed by atoms with Crippen LogP contribution < -0.4 is 5.32 Å². The fraction of sp³-hybridized carbons (Fsp3) is 0.607. The smallest absolute Gasteiger partial charge is 0.331 e. The van der Waals surface area contributed by atoms with Crippen LogP contribution in [0.5, 0.6) is 0 Å². The first-order valence-corrected chi connectivity index (χ1v) is 12.4. The van der Waals surface area contributed by atoms with Crippen molar-refractivity contribution in [2.24, 2.45) is 11.8 Å². The van der Waals surface area contributed by atoms with Gasteiger partial charge in [0.15, 0.2) is 0 Å². The lowest BCUT2D eigenvalue weighted by molar-refractivity contribution is -0.135. The number of carbonyl (C=O) groups is 3. The molecule has 0 fully saturated rings. The maximum atomic E-state index is 13.0. The highest BCUT2D eigenvalue weighted by atomic mass is 16.4. The van der Waals surface area contributed by atoms with Crippen molar-refractivity contribution in [3.8, 4) is 0 Å². The minimum Gasteiger partial charge on any atom is -0.478 e. The molecular weight excluding hydrogens is 428 g/mol. The number of likely N-dealkylation sites (N-methyl/N-ethyl adjacent to an activating group) is 1. The highest BCUT2D eigenvalue weighted by Crippen LogP contribution is 2.33. The zero-order valence-corrected chi connectivity index (χ0v) is 22.6. The molecule has 0 radical (unpaired) electrons. The predicted molar refractivity (Wildman–Crippen MR) is 140 cm³/mol. The number of amides is 2. The van der Waals surface area contributed by atoms with E-state index in [0.717, 1.165) is 12.0 Å². The summed E-state index contributed by atoms with van der Waals surface area (Å²) < 4.78 is 0. The van der Waals surface area contributed by atoms with Crippen molar-refractivity contribution in [1.82, 2.24) is 10.2 Å². The van der Waals surface area contributed by atoms with Gasteiger partial charge in [-0.2, -0.15) is 0 Å². The second-order valence-corrected chi connectivity index (χ2v) is 9.51. The molecule has 1 aromatic carbocycles. The SMILES string of the molecule is CCC.CCC(C)[C@@H](/C=C(\C)C(=O)O)N(C)C(=O)CNC(=O)[C@@H](CC)C(C)(C)c1ccccc1. The predicted octanol–water partition coefficient (Wildman–Crippen LogP) is 5.43. The number of hydrogen-bond donors (Lipinski definition) is 2. The van der Waals surface area contributed by atoms with Crippen molar-refractivity contribution in [2.75, 3.05) is 13.6 Å². The second kappa shape index (κ2) is 15.3. The number of carboxylic acids is 1. The molecule has 2 amide bonds. The van der Waals surface area contributed by atoms with Gasteiger partial charge in [-0.25, -0.2) is 4.79 Å². The number of nitrogens with zero attached hydrogens (tertiary/aromatic N) is 1. The van der Waals surface area contributed by atoms with Gasteiger partial charge in [-0.1, -0.05) is 97.7 Å². The van der Waals surface area contributed by atoms with Gasteiger partial charge in [-0.05, 0) is 24.8 Å². The Kier molecular flexibility index (Phi) is 14.1.